The monoisotopic (exact) mass is 209 g/mol. The summed E-state index contributed by atoms with van der Waals surface area (Å²) in [4.78, 5) is 0. The largest absolute Gasteiger partial charge is 0.468 e. The van der Waals surface area contributed by atoms with Gasteiger partial charge in [0.25, 0.3) is 0 Å². The van der Waals surface area contributed by atoms with Crippen molar-refractivity contribution in [3.63, 3.8) is 0 Å². The third-order valence-corrected chi connectivity index (χ3v) is 1.68. The minimum atomic E-state index is -4.44. The molecule has 0 spiro atoms. The highest BCUT2D eigenvalue weighted by Crippen LogP contribution is 2.20. The number of alkyl halides is 3. The van der Waals surface area contributed by atoms with Crippen LogP contribution in [-0.4, -0.2) is 23.9 Å². The molecule has 3 nitrogen and oxygen atoms in total. The van der Waals surface area contributed by atoms with Crippen LogP contribution < -0.4 is 5.32 Å². The maximum absolute atomic E-state index is 12.1. The quantitative estimate of drug-likeness (QED) is 0.785. The summed E-state index contributed by atoms with van der Waals surface area (Å²) in [6, 6.07) is 1.23. The first kappa shape index (κ1) is 11.1. The Bertz CT molecular complexity index is 258. The van der Waals surface area contributed by atoms with Crippen molar-refractivity contribution in [3.05, 3.63) is 24.2 Å². The SMILES string of the molecule is OCC(NCc1ccco1)C(F)(F)F. The van der Waals surface area contributed by atoms with E-state index in [0.29, 0.717) is 5.76 Å². The van der Waals surface area contributed by atoms with Crippen molar-refractivity contribution in [2.75, 3.05) is 6.61 Å². The highest BCUT2D eigenvalue weighted by molar-refractivity contribution is 4.98. The van der Waals surface area contributed by atoms with Crippen LogP contribution in [0, 0.1) is 0 Å². The fourth-order valence-corrected chi connectivity index (χ4v) is 0.921. The number of aliphatic hydroxyl groups is 1. The van der Waals surface area contributed by atoms with E-state index in [1.54, 1.807) is 12.1 Å². The molecular weight excluding hydrogens is 199 g/mol. The number of hydrogen-bond donors (Lipinski definition) is 2. The minimum Gasteiger partial charge on any atom is -0.468 e. The van der Waals surface area contributed by atoms with Gasteiger partial charge in [0, 0.05) is 0 Å². The van der Waals surface area contributed by atoms with Gasteiger partial charge in [0.15, 0.2) is 0 Å². The Labute approximate surface area is 78.5 Å². The molecule has 14 heavy (non-hydrogen) atoms. The maximum Gasteiger partial charge on any atom is 0.406 e. The lowest BCUT2D eigenvalue weighted by Crippen LogP contribution is -2.44. The molecule has 2 N–H and O–H groups in total. The molecule has 1 rings (SSSR count). The predicted molar refractivity (Wildman–Crippen MR) is 42.5 cm³/mol. The summed E-state index contributed by atoms with van der Waals surface area (Å²) in [5.41, 5.74) is 0. The van der Waals surface area contributed by atoms with Gasteiger partial charge in [-0.25, -0.2) is 0 Å². The Morgan fingerprint density at radius 2 is 2.21 bits per heavy atom. The molecule has 6 heteroatoms. The second-order valence-electron chi connectivity index (χ2n) is 2.74. The van der Waals surface area contributed by atoms with E-state index in [9.17, 15) is 13.2 Å². The molecule has 1 aromatic heterocycles. The van der Waals surface area contributed by atoms with Crippen LogP contribution in [-0.2, 0) is 6.54 Å². The van der Waals surface area contributed by atoms with Gasteiger partial charge in [0.2, 0.25) is 0 Å². The van der Waals surface area contributed by atoms with E-state index < -0.39 is 18.8 Å². The van der Waals surface area contributed by atoms with Gasteiger partial charge in [-0.2, -0.15) is 13.2 Å². The van der Waals surface area contributed by atoms with Crippen LogP contribution >= 0.6 is 0 Å². The summed E-state index contributed by atoms with van der Waals surface area (Å²) in [6.45, 7) is -1.04. The summed E-state index contributed by atoms with van der Waals surface area (Å²) in [5, 5.41) is 10.6. The molecule has 0 bridgehead atoms. The molecule has 0 saturated heterocycles. The van der Waals surface area contributed by atoms with E-state index in [-0.39, 0.29) is 6.54 Å². The standard InChI is InChI=1S/C8H10F3NO2/c9-8(10,11)7(5-13)12-4-6-2-1-3-14-6/h1-3,7,12-13H,4-5H2. The number of furan rings is 1. The number of hydrogen-bond acceptors (Lipinski definition) is 3. The lowest BCUT2D eigenvalue weighted by Gasteiger charge is -2.18. The predicted octanol–water partition coefficient (Wildman–Crippen LogP) is 1.29. The first-order valence-electron chi connectivity index (χ1n) is 3.97. The third kappa shape index (κ3) is 3.04. The topological polar surface area (TPSA) is 45.4 Å². The van der Waals surface area contributed by atoms with Crippen molar-refractivity contribution in [3.8, 4) is 0 Å². The number of aliphatic hydroxyl groups excluding tert-OH is 1. The second kappa shape index (κ2) is 4.47. The maximum atomic E-state index is 12.1. The van der Waals surface area contributed by atoms with Crippen LogP contribution in [0.5, 0.6) is 0 Å². The van der Waals surface area contributed by atoms with Crippen LogP contribution in [0.25, 0.3) is 0 Å². The van der Waals surface area contributed by atoms with Crippen LogP contribution in [0.4, 0.5) is 13.2 Å². The number of halogens is 3. The molecule has 1 unspecified atom stereocenters. The van der Waals surface area contributed by atoms with Gasteiger partial charge >= 0.3 is 6.18 Å². The zero-order chi connectivity index (χ0) is 10.6. The molecule has 1 heterocycles. The molecule has 0 fully saturated rings. The fraction of sp³-hybridized carbons (Fsp3) is 0.500. The van der Waals surface area contributed by atoms with E-state index >= 15 is 0 Å². The number of rotatable bonds is 4. The molecule has 0 radical (unpaired) electrons. The second-order valence-corrected chi connectivity index (χ2v) is 2.74. The van der Waals surface area contributed by atoms with Crippen molar-refractivity contribution in [2.24, 2.45) is 0 Å². The number of nitrogens with one attached hydrogen (secondary N) is 1. The molecule has 0 aliphatic carbocycles. The lowest BCUT2D eigenvalue weighted by atomic mass is 10.3. The molecule has 0 aromatic carbocycles. The van der Waals surface area contributed by atoms with Crippen molar-refractivity contribution >= 4 is 0 Å². The van der Waals surface area contributed by atoms with Crippen molar-refractivity contribution in [1.82, 2.24) is 5.32 Å². The van der Waals surface area contributed by atoms with Crippen molar-refractivity contribution < 1.29 is 22.7 Å². The Hall–Kier alpha value is -1.01. The average molecular weight is 209 g/mol. The van der Waals surface area contributed by atoms with Gasteiger partial charge in [-0.1, -0.05) is 0 Å². The zero-order valence-corrected chi connectivity index (χ0v) is 7.21. The Kier molecular flexibility index (Phi) is 3.54. The van der Waals surface area contributed by atoms with Crippen LogP contribution in [0.15, 0.2) is 22.8 Å². The van der Waals surface area contributed by atoms with E-state index in [0.717, 1.165) is 0 Å². The highest BCUT2D eigenvalue weighted by atomic mass is 19.4. The summed E-state index contributed by atoms with van der Waals surface area (Å²) in [5.74, 6) is 0.396. The normalized spacial score (nSPS) is 14.3. The average Bonchev–Trinajstić information content (AvgIpc) is 2.55. The first-order chi connectivity index (χ1) is 6.54. The summed E-state index contributed by atoms with van der Waals surface area (Å²) >= 11 is 0. The van der Waals surface area contributed by atoms with Crippen LogP contribution in [0.2, 0.25) is 0 Å². The van der Waals surface area contributed by atoms with E-state index in [1.165, 1.54) is 6.26 Å². The third-order valence-electron chi connectivity index (χ3n) is 1.68. The highest BCUT2D eigenvalue weighted by Gasteiger charge is 2.38. The summed E-state index contributed by atoms with van der Waals surface area (Å²) in [6.07, 6.45) is -3.07. The van der Waals surface area contributed by atoms with Gasteiger partial charge in [0.05, 0.1) is 19.4 Å². The Morgan fingerprint density at radius 3 is 2.64 bits per heavy atom. The summed E-state index contributed by atoms with van der Waals surface area (Å²) < 4.78 is 41.1. The van der Waals surface area contributed by atoms with Crippen molar-refractivity contribution in [1.29, 1.82) is 0 Å². The Morgan fingerprint density at radius 1 is 1.50 bits per heavy atom. The molecule has 1 aromatic rings. The van der Waals surface area contributed by atoms with Crippen molar-refractivity contribution in [2.45, 2.75) is 18.8 Å². The minimum absolute atomic E-state index is 0.0578. The van der Waals surface area contributed by atoms with Gasteiger partial charge < -0.3 is 9.52 Å². The molecule has 80 valence electrons. The summed E-state index contributed by atoms with van der Waals surface area (Å²) in [7, 11) is 0. The smallest absolute Gasteiger partial charge is 0.406 e. The molecule has 0 aliphatic heterocycles. The molecule has 0 aliphatic rings. The Balaban J connectivity index is 2.43. The van der Waals surface area contributed by atoms with E-state index in [1.807, 2.05) is 0 Å². The van der Waals surface area contributed by atoms with Gasteiger partial charge in [-0.3, -0.25) is 5.32 Å². The van der Waals surface area contributed by atoms with Crippen LogP contribution in [0.1, 0.15) is 5.76 Å². The molecule has 0 amide bonds. The first-order valence-corrected chi connectivity index (χ1v) is 3.97. The van der Waals surface area contributed by atoms with E-state index in [2.05, 4.69) is 5.32 Å². The van der Waals surface area contributed by atoms with Crippen LogP contribution in [0.3, 0.4) is 0 Å². The molecular formula is C8H10F3NO2. The van der Waals surface area contributed by atoms with E-state index in [4.69, 9.17) is 9.52 Å². The zero-order valence-electron chi connectivity index (χ0n) is 7.21. The lowest BCUT2D eigenvalue weighted by molar-refractivity contribution is -0.164. The molecule has 1 atom stereocenters. The van der Waals surface area contributed by atoms with Gasteiger partial charge in [-0.05, 0) is 12.1 Å². The van der Waals surface area contributed by atoms with Gasteiger partial charge in [0.1, 0.15) is 11.8 Å². The molecule has 0 saturated carbocycles. The van der Waals surface area contributed by atoms with Gasteiger partial charge in [-0.15, -0.1) is 0 Å². The fourth-order valence-electron chi connectivity index (χ4n) is 0.921.